The van der Waals surface area contributed by atoms with Crippen LogP contribution in [-0.4, -0.2) is 51.0 Å². The van der Waals surface area contributed by atoms with Crippen LogP contribution in [0.25, 0.3) is 0 Å². The summed E-state index contributed by atoms with van der Waals surface area (Å²) < 4.78 is 39.0. The number of ether oxygens (including phenoxy) is 2. The minimum Gasteiger partial charge on any atom is -0.486 e. The summed E-state index contributed by atoms with van der Waals surface area (Å²) in [6.07, 6.45) is 3.24. The molecular formula is C23H26N2O5S. The van der Waals surface area contributed by atoms with Gasteiger partial charge >= 0.3 is 0 Å². The molecule has 8 heteroatoms. The number of rotatable bonds is 6. The lowest BCUT2D eigenvalue weighted by atomic mass is 9.96. The van der Waals surface area contributed by atoms with Crippen LogP contribution in [0.3, 0.4) is 0 Å². The number of carbonyl (C=O) groups is 1. The Labute approximate surface area is 182 Å². The lowest BCUT2D eigenvalue weighted by Gasteiger charge is -2.25. The molecule has 2 aliphatic heterocycles. The van der Waals surface area contributed by atoms with Gasteiger partial charge in [-0.2, -0.15) is 4.31 Å². The summed E-state index contributed by atoms with van der Waals surface area (Å²) in [7, 11) is -3.82. The van der Waals surface area contributed by atoms with Crippen molar-refractivity contribution in [3.63, 3.8) is 0 Å². The molecule has 0 spiro atoms. The van der Waals surface area contributed by atoms with Gasteiger partial charge in [-0.1, -0.05) is 30.3 Å². The van der Waals surface area contributed by atoms with E-state index in [9.17, 15) is 13.2 Å². The van der Waals surface area contributed by atoms with Crippen LogP contribution in [0.5, 0.6) is 11.5 Å². The Hall–Kier alpha value is -2.58. The highest BCUT2D eigenvalue weighted by Gasteiger charge is 2.46. The van der Waals surface area contributed by atoms with Gasteiger partial charge in [0, 0.05) is 24.6 Å². The third kappa shape index (κ3) is 3.78. The van der Waals surface area contributed by atoms with Gasteiger partial charge in [0.25, 0.3) is 0 Å². The SMILES string of the molecule is O=C(NCC1(c2ccccc2)CC1)C1CCCN1S(=O)(=O)c1ccc2c(c1)OCCO2. The first kappa shape index (κ1) is 20.3. The molecule has 1 N–H and O–H groups in total. The van der Waals surface area contributed by atoms with Gasteiger partial charge in [-0.05, 0) is 43.4 Å². The first-order chi connectivity index (χ1) is 15.0. The summed E-state index contributed by atoms with van der Waals surface area (Å²) >= 11 is 0. The van der Waals surface area contributed by atoms with Gasteiger partial charge in [-0.15, -0.1) is 0 Å². The van der Waals surface area contributed by atoms with E-state index < -0.39 is 16.1 Å². The molecule has 0 radical (unpaired) electrons. The van der Waals surface area contributed by atoms with E-state index >= 15 is 0 Å². The van der Waals surface area contributed by atoms with Crippen LogP contribution in [0, 0.1) is 0 Å². The van der Waals surface area contributed by atoms with E-state index in [1.165, 1.54) is 22.0 Å². The van der Waals surface area contributed by atoms with Gasteiger partial charge in [0.05, 0.1) is 4.90 Å². The van der Waals surface area contributed by atoms with E-state index in [4.69, 9.17) is 9.47 Å². The van der Waals surface area contributed by atoms with Crippen molar-refractivity contribution in [2.24, 2.45) is 0 Å². The number of sulfonamides is 1. The summed E-state index contributed by atoms with van der Waals surface area (Å²) in [6, 6.07) is 14.1. The fourth-order valence-electron chi connectivity index (χ4n) is 4.49. The highest BCUT2D eigenvalue weighted by molar-refractivity contribution is 7.89. The minimum absolute atomic E-state index is 0.0188. The van der Waals surface area contributed by atoms with Crippen molar-refractivity contribution < 1.29 is 22.7 Å². The third-order valence-electron chi connectivity index (χ3n) is 6.47. The molecule has 1 saturated heterocycles. The Balaban J connectivity index is 1.30. The first-order valence-corrected chi connectivity index (χ1v) is 12.2. The van der Waals surface area contributed by atoms with Gasteiger partial charge in [0.1, 0.15) is 19.3 Å². The van der Waals surface area contributed by atoms with E-state index in [1.54, 1.807) is 6.07 Å². The summed E-state index contributed by atoms with van der Waals surface area (Å²) in [5.74, 6) is 0.739. The number of nitrogens with zero attached hydrogens (tertiary/aromatic N) is 1. The fourth-order valence-corrected chi connectivity index (χ4v) is 6.17. The molecule has 1 saturated carbocycles. The Morgan fingerprint density at radius 3 is 2.55 bits per heavy atom. The second kappa shape index (κ2) is 7.84. The Kier molecular flexibility index (Phi) is 5.14. The Morgan fingerprint density at radius 1 is 1.06 bits per heavy atom. The molecule has 5 rings (SSSR count). The summed E-state index contributed by atoms with van der Waals surface area (Å²) in [6.45, 7) is 1.69. The quantitative estimate of drug-likeness (QED) is 0.743. The van der Waals surface area contributed by atoms with Gasteiger partial charge in [-0.3, -0.25) is 4.79 Å². The van der Waals surface area contributed by atoms with Crippen LogP contribution in [0.15, 0.2) is 53.4 Å². The largest absolute Gasteiger partial charge is 0.486 e. The van der Waals surface area contributed by atoms with E-state index in [0.29, 0.717) is 50.6 Å². The van der Waals surface area contributed by atoms with Crippen molar-refractivity contribution in [3.05, 3.63) is 54.1 Å². The first-order valence-electron chi connectivity index (χ1n) is 10.7. The maximum absolute atomic E-state index is 13.3. The second-order valence-corrected chi connectivity index (χ2v) is 10.3. The molecule has 2 aromatic carbocycles. The molecule has 2 aromatic rings. The van der Waals surface area contributed by atoms with Gasteiger partial charge in [-0.25, -0.2) is 8.42 Å². The molecule has 2 heterocycles. The van der Waals surface area contributed by atoms with Gasteiger partial charge in [0.2, 0.25) is 15.9 Å². The van der Waals surface area contributed by atoms with Crippen LogP contribution in [0.1, 0.15) is 31.2 Å². The van der Waals surface area contributed by atoms with Crippen molar-refractivity contribution in [2.75, 3.05) is 26.3 Å². The van der Waals surface area contributed by atoms with Crippen LogP contribution >= 0.6 is 0 Å². The van der Waals surface area contributed by atoms with E-state index in [1.807, 2.05) is 18.2 Å². The molecule has 2 fully saturated rings. The molecule has 0 bridgehead atoms. The molecule has 1 atom stereocenters. The normalized spacial score (nSPS) is 22.1. The fraction of sp³-hybridized carbons (Fsp3) is 0.435. The zero-order valence-corrected chi connectivity index (χ0v) is 18.1. The monoisotopic (exact) mass is 442 g/mol. The van der Waals surface area contributed by atoms with Crippen LogP contribution in [-0.2, 0) is 20.2 Å². The predicted octanol–water partition coefficient (Wildman–Crippen LogP) is 2.46. The second-order valence-electron chi connectivity index (χ2n) is 8.44. The van der Waals surface area contributed by atoms with Gasteiger partial charge < -0.3 is 14.8 Å². The standard InChI is InChI=1S/C23H26N2O5S/c26-22(24-16-23(10-11-23)17-5-2-1-3-6-17)19-7-4-12-25(19)31(27,28)18-8-9-20-21(15-18)30-14-13-29-20/h1-3,5-6,8-9,15,19H,4,7,10-14,16H2,(H,24,26). The lowest BCUT2D eigenvalue weighted by Crippen LogP contribution is -2.47. The minimum atomic E-state index is -3.82. The maximum atomic E-state index is 13.3. The van der Waals surface area contributed by atoms with Crippen molar-refractivity contribution in [2.45, 2.75) is 42.0 Å². The van der Waals surface area contributed by atoms with Crippen molar-refractivity contribution >= 4 is 15.9 Å². The topological polar surface area (TPSA) is 84.9 Å². The highest BCUT2D eigenvalue weighted by Crippen LogP contribution is 2.47. The van der Waals surface area contributed by atoms with Crippen LogP contribution in [0.4, 0.5) is 0 Å². The molecule has 164 valence electrons. The summed E-state index contributed by atoms with van der Waals surface area (Å²) in [4.78, 5) is 13.1. The third-order valence-corrected chi connectivity index (χ3v) is 8.37. The van der Waals surface area contributed by atoms with Crippen molar-refractivity contribution in [1.82, 2.24) is 9.62 Å². The Morgan fingerprint density at radius 2 is 1.81 bits per heavy atom. The average Bonchev–Trinajstić information content (AvgIpc) is 3.43. The maximum Gasteiger partial charge on any atom is 0.243 e. The van der Waals surface area contributed by atoms with Crippen LogP contribution < -0.4 is 14.8 Å². The van der Waals surface area contributed by atoms with Crippen LogP contribution in [0.2, 0.25) is 0 Å². The van der Waals surface area contributed by atoms with E-state index in [2.05, 4.69) is 17.4 Å². The lowest BCUT2D eigenvalue weighted by molar-refractivity contribution is -0.124. The molecule has 31 heavy (non-hydrogen) atoms. The van der Waals surface area contributed by atoms with Crippen molar-refractivity contribution in [1.29, 1.82) is 0 Å². The smallest absolute Gasteiger partial charge is 0.243 e. The summed E-state index contributed by atoms with van der Waals surface area (Å²) in [5.41, 5.74) is 1.21. The molecule has 1 aliphatic carbocycles. The van der Waals surface area contributed by atoms with E-state index in [-0.39, 0.29) is 16.2 Å². The number of nitrogens with one attached hydrogen (secondary N) is 1. The Bertz CT molecular complexity index is 1080. The molecular weight excluding hydrogens is 416 g/mol. The molecule has 0 aromatic heterocycles. The predicted molar refractivity (Wildman–Crippen MR) is 115 cm³/mol. The molecule has 3 aliphatic rings. The number of amides is 1. The molecule has 1 amide bonds. The molecule has 1 unspecified atom stereocenters. The average molecular weight is 443 g/mol. The molecule has 7 nitrogen and oxygen atoms in total. The zero-order valence-electron chi connectivity index (χ0n) is 17.2. The number of fused-ring (bicyclic) bond motifs is 1. The number of benzene rings is 2. The zero-order chi connectivity index (χ0) is 21.5. The van der Waals surface area contributed by atoms with E-state index in [0.717, 1.165) is 12.8 Å². The number of hydrogen-bond acceptors (Lipinski definition) is 5. The van der Waals surface area contributed by atoms with Gasteiger partial charge in [0.15, 0.2) is 11.5 Å². The summed E-state index contributed by atoms with van der Waals surface area (Å²) in [5, 5.41) is 3.04. The van der Waals surface area contributed by atoms with Crippen molar-refractivity contribution in [3.8, 4) is 11.5 Å². The number of hydrogen-bond donors (Lipinski definition) is 1. The number of carbonyl (C=O) groups excluding carboxylic acids is 1. The highest BCUT2D eigenvalue weighted by atomic mass is 32.2.